The predicted octanol–water partition coefficient (Wildman–Crippen LogP) is 1.32. The molecule has 0 bridgehead atoms. The van der Waals surface area contributed by atoms with Crippen molar-refractivity contribution in [3.63, 3.8) is 0 Å². The average molecular weight is 303 g/mol. The summed E-state index contributed by atoms with van der Waals surface area (Å²) in [6.07, 6.45) is 5.81. The number of hydrogen-bond donors (Lipinski definition) is 1. The van der Waals surface area contributed by atoms with E-state index in [2.05, 4.69) is 11.9 Å². The third-order valence-corrected chi connectivity index (χ3v) is 3.53. The van der Waals surface area contributed by atoms with Crippen molar-refractivity contribution < 1.29 is 9.90 Å². The lowest BCUT2D eigenvalue weighted by atomic mass is 10.2. The Morgan fingerprint density at radius 3 is 2.86 bits per heavy atom. The molecule has 1 amide bonds. The van der Waals surface area contributed by atoms with Crippen molar-refractivity contribution in [1.82, 2.24) is 14.3 Å². The molecule has 118 valence electrons. The molecule has 0 unspecified atom stereocenters. The highest BCUT2D eigenvalue weighted by molar-refractivity contribution is 5.93. The van der Waals surface area contributed by atoms with Crippen LogP contribution in [-0.2, 0) is 0 Å². The van der Waals surface area contributed by atoms with Crippen molar-refractivity contribution in [3.05, 3.63) is 46.5 Å². The lowest BCUT2D eigenvalue weighted by Crippen LogP contribution is -2.38. The molecule has 0 aromatic carbocycles. The molecular weight excluding hydrogens is 282 g/mol. The molecule has 0 radical (unpaired) electrons. The van der Waals surface area contributed by atoms with Gasteiger partial charge in [0.25, 0.3) is 11.5 Å². The molecule has 0 fully saturated rings. The summed E-state index contributed by atoms with van der Waals surface area (Å²) < 4.78 is 1.36. The van der Waals surface area contributed by atoms with Gasteiger partial charge in [0.2, 0.25) is 0 Å². The van der Waals surface area contributed by atoms with E-state index in [4.69, 9.17) is 5.11 Å². The van der Waals surface area contributed by atoms with Crippen molar-refractivity contribution in [3.8, 4) is 0 Å². The summed E-state index contributed by atoms with van der Waals surface area (Å²) in [5, 5.41) is 9.14. The highest BCUT2D eigenvalue weighted by atomic mass is 16.3. The third-order valence-electron chi connectivity index (χ3n) is 3.53. The van der Waals surface area contributed by atoms with Crippen LogP contribution in [0.2, 0.25) is 0 Å². The largest absolute Gasteiger partial charge is 0.395 e. The van der Waals surface area contributed by atoms with Crippen LogP contribution in [0.3, 0.4) is 0 Å². The molecule has 2 aromatic heterocycles. The van der Waals surface area contributed by atoms with Crippen molar-refractivity contribution in [1.29, 1.82) is 0 Å². The molecule has 1 N–H and O–H groups in total. The summed E-state index contributed by atoms with van der Waals surface area (Å²) in [7, 11) is 0. The number of aliphatic hydroxyl groups excluding tert-OH is 1. The van der Waals surface area contributed by atoms with Crippen LogP contribution in [0.4, 0.5) is 0 Å². The molecule has 0 atom stereocenters. The van der Waals surface area contributed by atoms with Gasteiger partial charge in [-0.25, -0.2) is 4.98 Å². The lowest BCUT2D eigenvalue weighted by molar-refractivity contribution is 0.0716. The highest BCUT2D eigenvalue weighted by Gasteiger charge is 2.19. The fourth-order valence-electron chi connectivity index (χ4n) is 2.33. The SMILES string of the molecule is CCCCCN(CCO)C(=O)c1cnc2ccccn2c1=O. The maximum absolute atomic E-state index is 12.6. The van der Waals surface area contributed by atoms with E-state index < -0.39 is 0 Å². The summed E-state index contributed by atoms with van der Waals surface area (Å²) in [4.78, 5) is 30.6. The molecule has 0 spiro atoms. The molecule has 0 aliphatic heterocycles. The molecule has 6 nitrogen and oxygen atoms in total. The number of aromatic nitrogens is 2. The summed E-state index contributed by atoms with van der Waals surface area (Å²) in [5.41, 5.74) is 0.159. The molecule has 0 saturated heterocycles. The predicted molar refractivity (Wildman–Crippen MR) is 84.0 cm³/mol. The molecule has 2 heterocycles. The zero-order chi connectivity index (χ0) is 15.9. The second kappa shape index (κ2) is 7.70. The highest BCUT2D eigenvalue weighted by Crippen LogP contribution is 2.05. The quantitative estimate of drug-likeness (QED) is 0.783. The van der Waals surface area contributed by atoms with Crippen LogP contribution in [0, 0.1) is 0 Å². The van der Waals surface area contributed by atoms with E-state index in [0.717, 1.165) is 19.3 Å². The topological polar surface area (TPSA) is 74.9 Å². The maximum atomic E-state index is 12.6. The fourth-order valence-corrected chi connectivity index (χ4v) is 2.33. The second-order valence-corrected chi connectivity index (χ2v) is 5.13. The third kappa shape index (κ3) is 3.51. The van der Waals surface area contributed by atoms with Crippen LogP contribution in [0.15, 0.2) is 35.4 Å². The Morgan fingerprint density at radius 1 is 1.32 bits per heavy atom. The smallest absolute Gasteiger partial charge is 0.270 e. The molecule has 0 aliphatic rings. The number of nitrogens with zero attached hydrogens (tertiary/aromatic N) is 3. The van der Waals surface area contributed by atoms with Gasteiger partial charge in [0.15, 0.2) is 0 Å². The van der Waals surface area contributed by atoms with Gasteiger partial charge in [0.05, 0.1) is 6.61 Å². The average Bonchev–Trinajstić information content (AvgIpc) is 2.54. The van der Waals surface area contributed by atoms with E-state index in [1.165, 1.54) is 15.5 Å². The van der Waals surface area contributed by atoms with Gasteiger partial charge in [-0.05, 0) is 18.6 Å². The van der Waals surface area contributed by atoms with E-state index >= 15 is 0 Å². The molecule has 0 aliphatic carbocycles. The number of aliphatic hydroxyl groups is 1. The Bertz CT molecular complexity index is 696. The number of unbranched alkanes of at least 4 members (excludes halogenated alkanes) is 2. The Kier molecular flexibility index (Phi) is 5.66. The zero-order valence-electron chi connectivity index (χ0n) is 12.7. The summed E-state index contributed by atoms with van der Waals surface area (Å²) in [5.74, 6) is -0.374. The van der Waals surface area contributed by atoms with Gasteiger partial charge >= 0.3 is 0 Å². The monoisotopic (exact) mass is 303 g/mol. The van der Waals surface area contributed by atoms with Gasteiger partial charge in [-0.15, -0.1) is 0 Å². The van der Waals surface area contributed by atoms with Gasteiger partial charge < -0.3 is 10.0 Å². The van der Waals surface area contributed by atoms with Crippen LogP contribution in [0.1, 0.15) is 36.5 Å². The number of rotatable bonds is 7. The van der Waals surface area contributed by atoms with E-state index in [1.54, 1.807) is 24.4 Å². The second-order valence-electron chi connectivity index (χ2n) is 5.13. The summed E-state index contributed by atoms with van der Waals surface area (Å²) >= 11 is 0. The number of carbonyl (C=O) groups excluding carboxylic acids is 1. The Morgan fingerprint density at radius 2 is 2.14 bits per heavy atom. The van der Waals surface area contributed by atoms with Crippen LogP contribution in [0.5, 0.6) is 0 Å². The van der Waals surface area contributed by atoms with E-state index in [0.29, 0.717) is 12.2 Å². The first-order chi connectivity index (χ1) is 10.7. The minimum atomic E-state index is -0.381. The van der Waals surface area contributed by atoms with Crippen LogP contribution < -0.4 is 5.56 Å². The number of amides is 1. The molecule has 2 rings (SSSR count). The Hall–Kier alpha value is -2.21. The minimum absolute atomic E-state index is 0.0358. The van der Waals surface area contributed by atoms with Gasteiger partial charge in [0, 0.05) is 25.5 Å². The molecule has 0 saturated carbocycles. The van der Waals surface area contributed by atoms with Gasteiger partial charge in [-0.2, -0.15) is 0 Å². The first-order valence-corrected chi connectivity index (χ1v) is 7.55. The summed E-state index contributed by atoms with van der Waals surface area (Å²) in [6, 6.07) is 5.21. The van der Waals surface area contributed by atoms with Crippen molar-refractivity contribution in [2.45, 2.75) is 26.2 Å². The maximum Gasteiger partial charge on any atom is 0.270 e. The number of carbonyl (C=O) groups is 1. The van der Waals surface area contributed by atoms with E-state index in [1.807, 2.05) is 0 Å². The van der Waals surface area contributed by atoms with Crippen molar-refractivity contribution >= 4 is 11.6 Å². The van der Waals surface area contributed by atoms with Gasteiger partial charge in [-0.3, -0.25) is 14.0 Å². The standard InChI is InChI=1S/C16H21N3O3/c1-2-3-5-8-18(10-11-20)15(21)13-12-17-14-7-4-6-9-19(14)16(13)22/h4,6-7,9,12,20H,2-3,5,8,10-11H2,1H3. The number of pyridine rings is 1. The van der Waals surface area contributed by atoms with E-state index in [-0.39, 0.29) is 30.2 Å². The zero-order valence-corrected chi connectivity index (χ0v) is 12.7. The lowest BCUT2D eigenvalue weighted by Gasteiger charge is -2.21. The van der Waals surface area contributed by atoms with Gasteiger partial charge in [0.1, 0.15) is 11.2 Å². The Labute approximate surface area is 129 Å². The first kappa shape index (κ1) is 16.2. The molecule has 2 aromatic rings. The fraction of sp³-hybridized carbons (Fsp3) is 0.438. The minimum Gasteiger partial charge on any atom is -0.395 e. The molecular formula is C16H21N3O3. The molecule has 6 heteroatoms. The van der Waals surface area contributed by atoms with Crippen LogP contribution in [-0.4, -0.2) is 45.0 Å². The van der Waals surface area contributed by atoms with Crippen molar-refractivity contribution in [2.75, 3.05) is 19.7 Å². The molecule has 22 heavy (non-hydrogen) atoms. The normalized spacial score (nSPS) is 10.8. The van der Waals surface area contributed by atoms with Crippen molar-refractivity contribution in [2.24, 2.45) is 0 Å². The Balaban J connectivity index is 2.30. The van der Waals surface area contributed by atoms with E-state index in [9.17, 15) is 9.59 Å². The summed E-state index contributed by atoms with van der Waals surface area (Å²) in [6.45, 7) is 2.71. The van der Waals surface area contributed by atoms with Gasteiger partial charge in [-0.1, -0.05) is 25.8 Å². The first-order valence-electron chi connectivity index (χ1n) is 7.55. The van der Waals surface area contributed by atoms with Crippen LogP contribution >= 0.6 is 0 Å². The number of fused-ring (bicyclic) bond motifs is 1. The van der Waals surface area contributed by atoms with Crippen LogP contribution in [0.25, 0.3) is 5.65 Å². The number of hydrogen-bond acceptors (Lipinski definition) is 4.